The summed E-state index contributed by atoms with van der Waals surface area (Å²) in [6.07, 6.45) is 1.76. The molecule has 18 heavy (non-hydrogen) atoms. The van der Waals surface area contributed by atoms with Crippen molar-refractivity contribution in [2.75, 3.05) is 0 Å². The third-order valence-electron chi connectivity index (χ3n) is 3.83. The van der Waals surface area contributed by atoms with Crippen molar-refractivity contribution < 1.29 is 4.52 Å². The van der Waals surface area contributed by atoms with Gasteiger partial charge in [-0.15, -0.1) is 0 Å². The first-order chi connectivity index (χ1) is 8.62. The van der Waals surface area contributed by atoms with Crippen LogP contribution in [0.3, 0.4) is 0 Å². The van der Waals surface area contributed by atoms with E-state index in [0.717, 1.165) is 18.7 Å². The molecular weight excluding hydrogens is 226 g/mol. The highest BCUT2D eigenvalue weighted by Crippen LogP contribution is 2.38. The summed E-state index contributed by atoms with van der Waals surface area (Å²) in [4.78, 5) is 4.47. The average molecular weight is 243 g/mol. The number of nitrogens with zero attached hydrogens (tertiary/aromatic N) is 2. The molecule has 2 atom stereocenters. The van der Waals surface area contributed by atoms with Crippen molar-refractivity contribution in [2.24, 2.45) is 5.73 Å². The fourth-order valence-electron chi connectivity index (χ4n) is 2.25. The van der Waals surface area contributed by atoms with Crippen LogP contribution in [0.15, 0.2) is 28.8 Å². The van der Waals surface area contributed by atoms with Crippen LogP contribution < -0.4 is 5.73 Å². The normalized spacial score (nSPS) is 20.9. The second-order valence-electron chi connectivity index (χ2n) is 5.18. The predicted octanol–water partition coefficient (Wildman–Crippen LogP) is 2.34. The second-order valence-corrected chi connectivity index (χ2v) is 5.18. The largest absolute Gasteiger partial charge is 0.337 e. The van der Waals surface area contributed by atoms with Crippen LogP contribution in [0, 0.1) is 0 Å². The van der Waals surface area contributed by atoms with Crippen LogP contribution in [-0.4, -0.2) is 10.1 Å². The van der Waals surface area contributed by atoms with Crippen molar-refractivity contribution in [3.63, 3.8) is 0 Å². The molecule has 2 unspecified atom stereocenters. The first-order valence-electron chi connectivity index (χ1n) is 6.32. The van der Waals surface area contributed by atoms with Crippen molar-refractivity contribution in [1.29, 1.82) is 0 Å². The molecule has 0 bridgehead atoms. The Morgan fingerprint density at radius 3 is 2.94 bits per heavy atom. The Morgan fingerprint density at radius 2 is 2.22 bits per heavy atom. The number of aromatic nitrogens is 2. The third kappa shape index (κ3) is 1.64. The second kappa shape index (κ2) is 3.92. The number of hydrogen-bond acceptors (Lipinski definition) is 4. The zero-order valence-corrected chi connectivity index (χ0v) is 10.7. The van der Waals surface area contributed by atoms with E-state index < -0.39 is 5.54 Å². The molecule has 4 heteroatoms. The summed E-state index contributed by atoms with van der Waals surface area (Å²) in [6, 6.07) is 8.38. The van der Waals surface area contributed by atoms with Crippen molar-refractivity contribution in [3.05, 3.63) is 47.1 Å². The minimum absolute atomic E-state index is 0.270. The van der Waals surface area contributed by atoms with E-state index in [4.69, 9.17) is 10.3 Å². The monoisotopic (exact) mass is 243 g/mol. The van der Waals surface area contributed by atoms with Gasteiger partial charge >= 0.3 is 0 Å². The summed E-state index contributed by atoms with van der Waals surface area (Å²) in [5.41, 5.74) is 8.26. The van der Waals surface area contributed by atoms with Crippen LogP contribution in [0.5, 0.6) is 0 Å². The highest BCUT2D eigenvalue weighted by atomic mass is 16.5. The Morgan fingerprint density at radius 1 is 1.44 bits per heavy atom. The van der Waals surface area contributed by atoms with E-state index >= 15 is 0 Å². The lowest BCUT2D eigenvalue weighted by atomic mass is 9.77. The molecule has 4 nitrogen and oxygen atoms in total. The van der Waals surface area contributed by atoms with Crippen LogP contribution >= 0.6 is 0 Å². The molecule has 0 aliphatic heterocycles. The van der Waals surface area contributed by atoms with Gasteiger partial charge in [-0.1, -0.05) is 36.3 Å². The van der Waals surface area contributed by atoms with Gasteiger partial charge in [-0.2, -0.15) is 4.98 Å². The topological polar surface area (TPSA) is 64.9 Å². The quantitative estimate of drug-likeness (QED) is 0.898. The maximum atomic E-state index is 6.11. The number of hydrogen-bond donors (Lipinski definition) is 1. The maximum Gasteiger partial charge on any atom is 0.246 e. The Hall–Kier alpha value is -1.68. The lowest BCUT2D eigenvalue weighted by Gasteiger charge is -2.27. The highest BCUT2D eigenvalue weighted by molar-refractivity contribution is 5.43. The standard InChI is InChI=1S/C14H17N3O/c1-3-14(2,15)13-16-12(17-18-13)11-8-9-6-4-5-7-10(9)11/h4-7,11H,3,8,15H2,1-2H3. The number of rotatable bonds is 3. The summed E-state index contributed by atoms with van der Waals surface area (Å²) in [5.74, 6) is 1.56. The van der Waals surface area contributed by atoms with Gasteiger partial charge in [-0.05, 0) is 30.9 Å². The van der Waals surface area contributed by atoms with Gasteiger partial charge in [0.2, 0.25) is 5.89 Å². The Labute approximate surface area is 106 Å². The molecule has 0 saturated carbocycles. The Bertz CT molecular complexity index is 574. The number of benzene rings is 1. The van der Waals surface area contributed by atoms with Crippen molar-refractivity contribution in [3.8, 4) is 0 Å². The zero-order valence-electron chi connectivity index (χ0n) is 10.7. The SMILES string of the molecule is CCC(C)(N)c1nc(C2Cc3ccccc32)no1. The lowest BCUT2D eigenvalue weighted by Crippen LogP contribution is -2.32. The van der Waals surface area contributed by atoms with Gasteiger partial charge in [0, 0.05) is 0 Å². The Balaban J connectivity index is 1.89. The summed E-state index contributed by atoms with van der Waals surface area (Å²) in [6.45, 7) is 3.93. The average Bonchev–Trinajstić information content (AvgIpc) is 2.81. The van der Waals surface area contributed by atoms with E-state index in [1.807, 2.05) is 19.9 Å². The lowest BCUT2D eigenvalue weighted by molar-refractivity contribution is 0.289. The molecule has 1 aliphatic rings. The van der Waals surface area contributed by atoms with Crippen molar-refractivity contribution in [2.45, 2.75) is 38.1 Å². The van der Waals surface area contributed by atoms with Gasteiger partial charge in [0.15, 0.2) is 5.82 Å². The third-order valence-corrected chi connectivity index (χ3v) is 3.83. The molecule has 0 saturated heterocycles. The summed E-state index contributed by atoms with van der Waals surface area (Å²) < 4.78 is 5.31. The van der Waals surface area contributed by atoms with Crippen LogP contribution in [-0.2, 0) is 12.0 Å². The maximum absolute atomic E-state index is 6.11. The van der Waals surface area contributed by atoms with Crippen LogP contribution in [0.1, 0.15) is 49.0 Å². The fourth-order valence-corrected chi connectivity index (χ4v) is 2.25. The smallest absolute Gasteiger partial charge is 0.246 e. The molecule has 0 radical (unpaired) electrons. The summed E-state index contributed by atoms with van der Waals surface area (Å²) >= 11 is 0. The molecule has 1 aliphatic carbocycles. The Kier molecular flexibility index (Phi) is 2.48. The molecule has 1 aromatic heterocycles. The molecule has 0 spiro atoms. The molecule has 2 aromatic rings. The minimum Gasteiger partial charge on any atom is -0.337 e. The van der Waals surface area contributed by atoms with Crippen LogP contribution in [0.2, 0.25) is 0 Å². The minimum atomic E-state index is -0.533. The molecular formula is C14H17N3O. The summed E-state index contributed by atoms with van der Waals surface area (Å²) in [7, 11) is 0. The summed E-state index contributed by atoms with van der Waals surface area (Å²) in [5, 5.41) is 4.09. The van der Waals surface area contributed by atoms with Crippen molar-refractivity contribution >= 4 is 0 Å². The van der Waals surface area contributed by atoms with Crippen molar-refractivity contribution in [1.82, 2.24) is 10.1 Å². The fraction of sp³-hybridized carbons (Fsp3) is 0.429. The van der Waals surface area contributed by atoms with Gasteiger partial charge in [-0.25, -0.2) is 0 Å². The molecule has 3 rings (SSSR count). The molecule has 1 aromatic carbocycles. The van der Waals surface area contributed by atoms with E-state index in [-0.39, 0.29) is 5.92 Å². The van der Waals surface area contributed by atoms with E-state index in [1.54, 1.807) is 0 Å². The van der Waals surface area contributed by atoms with Gasteiger partial charge in [-0.3, -0.25) is 0 Å². The first-order valence-corrected chi connectivity index (χ1v) is 6.32. The van der Waals surface area contributed by atoms with Gasteiger partial charge in [0.25, 0.3) is 0 Å². The predicted molar refractivity (Wildman–Crippen MR) is 68.1 cm³/mol. The van der Waals surface area contributed by atoms with Gasteiger partial charge in [0.05, 0.1) is 11.5 Å². The molecule has 1 heterocycles. The highest BCUT2D eigenvalue weighted by Gasteiger charge is 2.33. The number of nitrogens with two attached hydrogens (primary N) is 1. The van der Waals surface area contributed by atoms with E-state index in [0.29, 0.717) is 5.89 Å². The van der Waals surface area contributed by atoms with Crippen LogP contribution in [0.4, 0.5) is 0 Å². The molecule has 2 N–H and O–H groups in total. The van der Waals surface area contributed by atoms with E-state index in [1.165, 1.54) is 11.1 Å². The van der Waals surface area contributed by atoms with E-state index in [9.17, 15) is 0 Å². The zero-order chi connectivity index (χ0) is 12.8. The molecule has 94 valence electrons. The number of fused-ring (bicyclic) bond motifs is 1. The molecule has 0 amide bonds. The van der Waals surface area contributed by atoms with Gasteiger partial charge < -0.3 is 10.3 Å². The van der Waals surface area contributed by atoms with Crippen LogP contribution in [0.25, 0.3) is 0 Å². The van der Waals surface area contributed by atoms with E-state index in [2.05, 4.69) is 28.3 Å². The van der Waals surface area contributed by atoms with Gasteiger partial charge in [0.1, 0.15) is 0 Å². The molecule has 0 fully saturated rings. The first kappa shape index (κ1) is 11.4.